The fourth-order valence-corrected chi connectivity index (χ4v) is 3.37. The molecule has 9 nitrogen and oxygen atoms in total. The summed E-state index contributed by atoms with van der Waals surface area (Å²) in [5, 5.41) is 17.1. The number of nitrogens with one attached hydrogen (secondary N) is 2. The molecule has 1 aromatic heterocycles. The first-order valence-corrected chi connectivity index (χ1v) is 9.59. The van der Waals surface area contributed by atoms with Gasteiger partial charge in [0, 0.05) is 22.5 Å². The zero-order valence-corrected chi connectivity index (χ0v) is 16.5. The standard InChI is InChI=1S/C21H20N6O3/c1-3-16(22-14-11-9-13(10-12-14)19-23-25-26-24-19)18-15-7-5-6-8-17(15)27(20(18)28)21(29)30-4-2/h5-12,22H,3-4H2,1-2H3,(H,23,24,25,26). The predicted molar refractivity (Wildman–Crippen MR) is 111 cm³/mol. The predicted octanol–water partition coefficient (Wildman–Crippen LogP) is 3.60. The molecule has 4 rings (SSSR count). The van der Waals surface area contributed by atoms with Crippen LogP contribution in [0.3, 0.4) is 0 Å². The van der Waals surface area contributed by atoms with Crippen LogP contribution in [0.5, 0.6) is 0 Å². The molecule has 2 heterocycles. The van der Waals surface area contributed by atoms with Crippen LogP contribution in [0.15, 0.2) is 54.2 Å². The first-order valence-electron chi connectivity index (χ1n) is 9.59. The normalized spacial score (nSPS) is 14.5. The minimum atomic E-state index is -0.676. The summed E-state index contributed by atoms with van der Waals surface area (Å²) in [4.78, 5) is 26.7. The number of H-pyrrole nitrogens is 1. The van der Waals surface area contributed by atoms with Crippen molar-refractivity contribution in [1.82, 2.24) is 20.6 Å². The Bertz CT molecular complexity index is 1110. The van der Waals surface area contributed by atoms with Crippen molar-refractivity contribution in [3.63, 3.8) is 0 Å². The van der Waals surface area contributed by atoms with Crippen LogP contribution in [0, 0.1) is 0 Å². The lowest BCUT2D eigenvalue weighted by molar-refractivity contribution is -0.112. The number of benzene rings is 2. The lowest BCUT2D eigenvalue weighted by Crippen LogP contribution is -2.34. The van der Waals surface area contributed by atoms with Crippen molar-refractivity contribution < 1.29 is 14.3 Å². The van der Waals surface area contributed by atoms with Gasteiger partial charge in [0.15, 0.2) is 5.82 Å². The Morgan fingerprint density at radius 2 is 1.90 bits per heavy atom. The number of hydrogen-bond acceptors (Lipinski definition) is 7. The topological polar surface area (TPSA) is 113 Å². The molecule has 0 atom stereocenters. The summed E-state index contributed by atoms with van der Waals surface area (Å²) in [6.45, 7) is 3.85. The highest BCUT2D eigenvalue weighted by Gasteiger charge is 2.39. The Morgan fingerprint density at radius 3 is 2.57 bits per heavy atom. The molecular weight excluding hydrogens is 384 g/mol. The molecule has 9 heteroatoms. The summed E-state index contributed by atoms with van der Waals surface area (Å²) in [6, 6.07) is 14.7. The van der Waals surface area contributed by atoms with E-state index in [1.807, 2.05) is 43.3 Å². The first-order chi connectivity index (χ1) is 14.6. The van der Waals surface area contributed by atoms with E-state index in [2.05, 4.69) is 25.9 Å². The Balaban J connectivity index is 1.69. The van der Waals surface area contributed by atoms with Crippen LogP contribution < -0.4 is 10.2 Å². The number of carbonyl (C=O) groups excluding carboxylic acids is 2. The van der Waals surface area contributed by atoms with Crippen molar-refractivity contribution in [2.75, 3.05) is 16.8 Å². The summed E-state index contributed by atoms with van der Waals surface area (Å²) >= 11 is 0. The van der Waals surface area contributed by atoms with Crippen molar-refractivity contribution >= 4 is 28.9 Å². The van der Waals surface area contributed by atoms with Crippen LogP contribution >= 0.6 is 0 Å². The molecular formula is C21H20N6O3. The van der Waals surface area contributed by atoms with E-state index in [9.17, 15) is 9.59 Å². The Labute approximate surface area is 172 Å². The maximum atomic E-state index is 13.2. The summed E-state index contributed by atoms with van der Waals surface area (Å²) < 4.78 is 5.09. The van der Waals surface area contributed by atoms with Gasteiger partial charge in [-0.3, -0.25) is 4.79 Å². The second-order valence-corrected chi connectivity index (χ2v) is 6.52. The van der Waals surface area contributed by atoms with Crippen LogP contribution in [0.25, 0.3) is 17.0 Å². The number of aromatic nitrogens is 4. The van der Waals surface area contributed by atoms with Gasteiger partial charge in [-0.05, 0) is 54.1 Å². The summed E-state index contributed by atoms with van der Waals surface area (Å²) in [7, 11) is 0. The van der Waals surface area contributed by atoms with E-state index in [4.69, 9.17) is 4.74 Å². The van der Waals surface area contributed by atoms with E-state index in [0.29, 0.717) is 34.8 Å². The lowest BCUT2D eigenvalue weighted by Gasteiger charge is -2.15. The van der Waals surface area contributed by atoms with Gasteiger partial charge in [0.1, 0.15) is 0 Å². The van der Waals surface area contributed by atoms with Crippen LogP contribution in [0.4, 0.5) is 16.2 Å². The maximum Gasteiger partial charge on any atom is 0.421 e. The number of fused-ring (bicyclic) bond motifs is 1. The fourth-order valence-electron chi connectivity index (χ4n) is 3.37. The number of imide groups is 1. The number of aromatic amines is 1. The van der Waals surface area contributed by atoms with Gasteiger partial charge in [0.05, 0.1) is 17.9 Å². The van der Waals surface area contributed by atoms with Gasteiger partial charge in [-0.15, -0.1) is 5.10 Å². The second-order valence-electron chi connectivity index (χ2n) is 6.52. The number of amides is 2. The number of tetrazole rings is 1. The summed E-state index contributed by atoms with van der Waals surface area (Å²) in [5.74, 6) is 0.170. The Kier molecular flexibility index (Phi) is 5.25. The number of para-hydroxylation sites is 1. The fraction of sp³-hybridized carbons (Fsp3) is 0.190. The Morgan fingerprint density at radius 1 is 1.13 bits per heavy atom. The van der Waals surface area contributed by atoms with Crippen molar-refractivity contribution in [3.8, 4) is 11.4 Å². The lowest BCUT2D eigenvalue weighted by atomic mass is 10.0. The quantitative estimate of drug-likeness (QED) is 0.625. The Hall–Kier alpha value is -4.01. The van der Waals surface area contributed by atoms with Crippen LogP contribution in [-0.2, 0) is 9.53 Å². The number of allylic oxidation sites excluding steroid dienone is 1. The van der Waals surface area contributed by atoms with Gasteiger partial charge in [-0.2, -0.15) is 0 Å². The number of anilines is 2. The molecule has 3 aromatic rings. The molecule has 2 amide bonds. The highest BCUT2D eigenvalue weighted by Crippen LogP contribution is 2.39. The monoisotopic (exact) mass is 404 g/mol. The molecule has 2 aromatic carbocycles. The van der Waals surface area contributed by atoms with Crippen LogP contribution in [0.2, 0.25) is 0 Å². The average molecular weight is 404 g/mol. The molecule has 0 unspecified atom stereocenters. The molecule has 0 bridgehead atoms. The van der Waals surface area contributed by atoms with E-state index in [1.54, 1.807) is 19.1 Å². The molecule has 1 aliphatic heterocycles. The third-order valence-electron chi connectivity index (χ3n) is 4.74. The number of carbonyl (C=O) groups is 2. The van der Waals surface area contributed by atoms with Gasteiger partial charge in [-0.1, -0.05) is 25.1 Å². The minimum Gasteiger partial charge on any atom is -0.449 e. The molecule has 0 radical (unpaired) electrons. The van der Waals surface area contributed by atoms with E-state index < -0.39 is 12.0 Å². The van der Waals surface area contributed by atoms with E-state index >= 15 is 0 Å². The largest absolute Gasteiger partial charge is 0.449 e. The van der Waals surface area contributed by atoms with Gasteiger partial charge in [-0.25, -0.2) is 14.8 Å². The van der Waals surface area contributed by atoms with E-state index in [1.165, 1.54) is 0 Å². The van der Waals surface area contributed by atoms with Gasteiger partial charge in [0.2, 0.25) is 0 Å². The molecule has 2 N–H and O–H groups in total. The number of nitrogens with zero attached hydrogens (tertiary/aromatic N) is 4. The van der Waals surface area contributed by atoms with Crippen molar-refractivity contribution in [2.45, 2.75) is 20.3 Å². The first kappa shape index (κ1) is 19.3. The van der Waals surface area contributed by atoms with Crippen LogP contribution in [-0.4, -0.2) is 39.2 Å². The SMILES string of the molecule is CCOC(=O)N1C(=O)C(=C(CC)Nc2ccc(-c3nnn[nH]3)cc2)c2ccccc21. The van der Waals surface area contributed by atoms with Gasteiger partial charge in [0.25, 0.3) is 5.91 Å². The highest BCUT2D eigenvalue weighted by molar-refractivity contribution is 6.39. The molecule has 0 spiro atoms. The third kappa shape index (κ3) is 3.41. The molecule has 1 aliphatic rings. The number of hydrogen-bond donors (Lipinski definition) is 2. The summed E-state index contributed by atoms with van der Waals surface area (Å²) in [6.07, 6.45) is -0.106. The van der Waals surface area contributed by atoms with Crippen molar-refractivity contribution in [2.24, 2.45) is 0 Å². The average Bonchev–Trinajstić information content (AvgIpc) is 3.39. The molecule has 0 aliphatic carbocycles. The summed E-state index contributed by atoms with van der Waals surface area (Å²) in [5.41, 5.74) is 4.04. The third-order valence-corrected chi connectivity index (χ3v) is 4.74. The van der Waals surface area contributed by atoms with E-state index in [0.717, 1.165) is 16.2 Å². The van der Waals surface area contributed by atoms with Crippen LogP contribution in [0.1, 0.15) is 25.8 Å². The zero-order chi connectivity index (χ0) is 21.1. The molecule has 0 saturated carbocycles. The minimum absolute atomic E-state index is 0.190. The van der Waals surface area contributed by atoms with E-state index in [-0.39, 0.29) is 6.61 Å². The molecule has 152 valence electrons. The van der Waals surface area contributed by atoms with Crippen molar-refractivity contribution in [1.29, 1.82) is 0 Å². The molecule has 0 fully saturated rings. The second kappa shape index (κ2) is 8.16. The smallest absolute Gasteiger partial charge is 0.421 e. The van der Waals surface area contributed by atoms with Gasteiger partial charge >= 0.3 is 6.09 Å². The molecule has 30 heavy (non-hydrogen) atoms. The maximum absolute atomic E-state index is 13.2. The number of ether oxygens (including phenoxy) is 1. The number of rotatable bonds is 5. The highest BCUT2D eigenvalue weighted by atomic mass is 16.6. The van der Waals surface area contributed by atoms with Gasteiger partial charge < -0.3 is 10.1 Å². The zero-order valence-electron chi connectivity index (χ0n) is 16.5. The van der Waals surface area contributed by atoms with Crippen molar-refractivity contribution in [3.05, 3.63) is 59.8 Å². The molecule has 0 saturated heterocycles.